The number of halogens is 1. The molecule has 1 heterocycles. The van der Waals surface area contributed by atoms with Gasteiger partial charge < -0.3 is 5.32 Å². The lowest BCUT2D eigenvalue weighted by Gasteiger charge is -2.23. The summed E-state index contributed by atoms with van der Waals surface area (Å²) < 4.78 is 50.9. The third-order valence-electron chi connectivity index (χ3n) is 4.47. The zero-order valence-corrected chi connectivity index (χ0v) is 17.4. The average Bonchev–Trinajstić information content (AvgIpc) is 3.12. The number of nitrogens with one attached hydrogen (secondary N) is 1. The molecule has 1 unspecified atom stereocenters. The maximum Gasteiger partial charge on any atom is 0.243 e. The lowest BCUT2D eigenvalue weighted by Crippen LogP contribution is -2.43. The molecule has 150 valence electrons. The van der Waals surface area contributed by atoms with E-state index in [4.69, 9.17) is 11.6 Å². The first-order valence-corrected chi connectivity index (χ1v) is 12.2. The number of sulfonamides is 1. The van der Waals surface area contributed by atoms with Gasteiger partial charge in [0, 0.05) is 17.8 Å². The molecule has 10 heteroatoms. The van der Waals surface area contributed by atoms with Crippen LogP contribution in [0.2, 0.25) is 5.02 Å². The van der Waals surface area contributed by atoms with Gasteiger partial charge in [0.05, 0.1) is 15.5 Å². The molecule has 1 amide bonds. The molecule has 1 N–H and O–H groups in total. The van der Waals surface area contributed by atoms with Crippen LogP contribution in [-0.2, 0) is 24.7 Å². The molecule has 0 radical (unpaired) electrons. The van der Waals surface area contributed by atoms with E-state index >= 15 is 0 Å². The van der Waals surface area contributed by atoms with Crippen molar-refractivity contribution >= 4 is 43.1 Å². The quantitative estimate of drug-likeness (QED) is 0.766. The van der Waals surface area contributed by atoms with E-state index in [9.17, 15) is 21.6 Å². The predicted octanol–water partition coefficient (Wildman–Crippen LogP) is 2.54. The minimum Gasteiger partial charge on any atom is -0.324 e. The van der Waals surface area contributed by atoms with Gasteiger partial charge in [0.2, 0.25) is 15.9 Å². The Labute approximate surface area is 169 Å². The molecule has 0 spiro atoms. The number of rotatable bonds is 5. The van der Waals surface area contributed by atoms with Crippen LogP contribution in [-0.4, -0.2) is 45.9 Å². The monoisotopic (exact) mass is 442 g/mol. The Morgan fingerprint density at radius 3 is 2.36 bits per heavy atom. The van der Waals surface area contributed by atoms with Gasteiger partial charge in [0.15, 0.2) is 9.84 Å². The van der Waals surface area contributed by atoms with Crippen LogP contribution in [0.4, 0.5) is 5.69 Å². The second-order valence-electron chi connectivity index (χ2n) is 6.49. The fourth-order valence-electron chi connectivity index (χ4n) is 3.14. The van der Waals surface area contributed by atoms with E-state index in [-0.39, 0.29) is 22.0 Å². The van der Waals surface area contributed by atoms with Crippen LogP contribution in [0.25, 0.3) is 0 Å². The normalized spacial score (nSPS) is 18.1. The number of benzene rings is 2. The van der Waals surface area contributed by atoms with Gasteiger partial charge in [-0.1, -0.05) is 23.7 Å². The fraction of sp³-hybridized carbons (Fsp3) is 0.278. The second-order valence-corrected chi connectivity index (χ2v) is 10.8. The van der Waals surface area contributed by atoms with Crippen molar-refractivity contribution in [2.75, 3.05) is 18.1 Å². The number of anilines is 1. The van der Waals surface area contributed by atoms with Crippen LogP contribution in [0.5, 0.6) is 0 Å². The number of nitrogens with zero attached hydrogens (tertiary/aromatic N) is 1. The SMILES string of the molecule is CS(=O)(=O)c1ccccc1NC(=O)C1CCCN1S(=O)(=O)c1ccc(Cl)cc1. The van der Waals surface area contributed by atoms with Crippen molar-refractivity contribution in [2.45, 2.75) is 28.7 Å². The lowest BCUT2D eigenvalue weighted by molar-refractivity contribution is -0.119. The van der Waals surface area contributed by atoms with E-state index in [1.165, 1.54) is 36.4 Å². The van der Waals surface area contributed by atoms with Crippen molar-refractivity contribution in [3.05, 3.63) is 53.6 Å². The fourth-order valence-corrected chi connectivity index (χ4v) is 5.77. The molecule has 2 aromatic carbocycles. The van der Waals surface area contributed by atoms with Crippen LogP contribution in [0.3, 0.4) is 0 Å². The Hall–Kier alpha value is -1.94. The van der Waals surface area contributed by atoms with Crippen molar-refractivity contribution < 1.29 is 21.6 Å². The van der Waals surface area contributed by atoms with Gasteiger partial charge in [-0.2, -0.15) is 4.31 Å². The zero-order valence-electron chi connectivity index (χ0n) is 15.0. The van der Waals surface area contributed by atoms with Crippen LogP contribution in [0.15, 0.2) is 58.3 Å². The molecular formula is C18H19ClN2O5S2. The summed E-state index contributed by atoms with van der Waals surface area (Å²) in [5.41, 5.74) is 0.130. The summed E-state index contributed by atoms with van der Waals surface area (Å²) in [6.45, 7) is 0.205. The minimum atomic E-state index is -3.88. The van der Waals surface area contributed by atoms with Gasteiger partial charge in [-0.3, -0.25) is 4.79 Å². The smallest absolute Gasteiger partial charge is 0.243 e. The standard InChI is InChI=1S/C18H19ClN2O5S2/c1-27(23,24)17-7-3-2-5-15(17)20-18(22)16-6-4-12-21(16)28(25,26)14-10-8-13(19)9-11-14/h2-3,5,7-11,16H,4,6,12H2,1H3,(H,20,22). The first-order chi connectivity index (χ1) is 13.1. The lowest BCUT2D eigenvalue weighted by atomic mass is 10.2. The molecule has 2 aromatic rings. The maximum atomic E-state index is 12.9. The molecule has 1 aliphatic heterocycles. The number of carbonyl (C=O) groups excluding carboxylic acids is 1. The van der Waals surface area contributed by atoms with E-state index in [2.05, 4.69) is 5.32 Å². The minimum absolute atomic E-state index is 0.0199. The van der Waals surface area contributed by atoms with Crippen molar-refractivity contribution in [2.24, 2.45) is 0 Å². The van der Waals surface area contributed by atoms with Crippen LogP contribution < -0.4 is 5.32 Å². The topological polar surface area (TPSA) is 101 Å². The Morgan fingerprint density at radius 1 is 1.07 bits per heavy atom. The first-order valence-electron chi connectivity index (χ1n) is 8.48. The molecule has 3 rings (SSSR count). The maximum absolute atomic E-state index is 12.9. The van der Waals surface area contributed by atoms with Gasteiger partial charge in [-0.05, 0) is 49.2 Å². The predicted molar refractivity (Wildman–Crippen MR) is 107 cm³/mol. The summed E-state index contributed by atoms with van der Waals surface area (Å²) in [6.07, 6.45) is 1.92. The van der Waals surface area contributed by atoms with Gasteiger partial charge in [-0.25, -0.2) is 16.8 Å². The van der Waals surface area contributed by atoms with E-state index in [1.54, 1.807) is 12.1 Å². The highest BCUT2D eigenvalue weighted by Crippen LogP contribution is 2.28. The molecule has 1 atom stereocenters. The highest BCUT2D eigenvalue weighted by Gasteiger charge is 2.39. The summed E-state index contributed by atoms with van der Waals surface area (Å²) in [7, 11) is -7.44. The van der Waals surface area contributed by atoms with Crippen molar-refractivity contribution in [1.29, 1.82) is 0 Å². The van der Waals surface area contributed by atoms with Gasteiger partial charge in [-0.15, -0.1) is 0 Å². The van der Waals surface area contributed by atoms with Gasteiger partial charge >= 0.3 is 0 Å². The van der Waals surface area contributed by atoms with Crippen LogP contribution >= 0.6 is 11.6 Å². The zero-order chi connectivity index (χ0) is 20.5. The molecule has 0 saturated carbocycles. The highest BCUT2D eigenvalue weighted by molar-refractivity contribution is 7.91. The molecule has 0 aromatic heterocycles. The molecular weight excluding hydrogens is 424 g/mol. The Morgan fingerprint density at radius 2 is 1.71 bits per heavy atom. The molecule has 0 bridgehead atoms. The Kier molecular flexibility index (Phi) is 5.81. The number of carbonyl (C=O) groups is 1. The number of hydrogen-bond donors (Lipinski definition) is 1. The number of sulfone groups is 1. The van der Waals surface area contributed by atoms with E-state index in [1.807, 2.05) is 0 Å². The summed E-state index contributed by atoms with van der Waals surface area (Å²) in [4.78, 5) is 12.8. The third kappa shape index (κ3) is 4.22. The van der Waals surface area contributed by atoms with Gasteiger partial charge in [0.1, 0.15) is 6.04 Å². The molecule has 1 saturated heterocycles. The number of hydrogen-bond acceptors (Lipinski definition) is 5. The van der Waals surface area contributed by atoms with Crippen LogP contribution in [0.1, 0.15) is 12.8 Å². The summed E-state index contributed by atoms with van der Waals surface area (Å²) in [6, 6.07) is 10.8. The molecule has 1 aliphatic rings. The largest absolute Gasteiger partial charge is 0.324 e. The summed E-state index contributed by atoms with van der Waals surface area (Å²) in [5, 5.41) is 2.99. The second kappa shape index (κ2) is 7.82. The highest BCUT2D eigenvalue weighted by atomic mass is 35.5. The third-order valence-corrected chi connectivity index (χ3v) is 7.80. The van der Waals surface area contributed by atoms with Crippen molar-refractivity contribution in [3.8, 4) is 0 Å². The average molecular weight is 443 g/mol. The van der Waals surface area contributed by atoms with E-state index in [0.29, 0.717) is 17.9 Å². The van der Waals surface area contributed by atoms with E-state index in [0.717, 1.165) is 10.6 Å². The van der Waals surface area contributed by atoms with Crippen molar-refractivity contribution in [3.63, 3.8) is 0 Å². The summed E-state index contributed by atoms with van der Waals surface area (Å²) >= 11 is 5.82. The number of amides is 1. The molecule has 1 fully saturated rings. The molecule has 28 heavy (non-hydrogen) atoms. The molecule has 0 aliphatic carbocycles. The van der Waals surface area contributed by atoms with Crippen molar-refractivity contribution in [1.82, 2.24) is 4.31 Å². The number of para-hydroxylation sites is 1. The summed E-state index contributed by atoms with van der Waals surface area (Å²) in [5.74, 6) is -0.564. The van der Waals surface area contributed by atoms with Crippen LogP contribution in [0, 0.1) is 0 Å². The molecule has 7 nitrogen and oxygen atoms in total. The Bertz CT molecular complexity index is 1100. The van der Waals surface area contributed by atoms with E-state index < -0.39 is 31.8 Å². The first kappa shape index (κ1) is 20.8. The van der Waals surface area contributed by atoms with Gasteiger partial charge in [0.25, 0.3) is 0 Å². The Balaban J connectivity index is 1.88.